The fourth-order valence-electron chi connectivity index (χ4n) is 3.14. The van der Waals surface area contributed by atoms with Crippen molar-refractivity contribution < 1.29 is 4.79 Å². The summed E-state index contributed by atoms with van der Waals surface area (Å²) < 4.78 is 0. The number of rotatable bonds is 5. The Morgan fingerprint density at radius 3 is 2.72 bits per heavy atom. The van der Waals surface area contributed by atoms with Crippen LogP contribution in [0.15, 0.2) is 42.6 Å². The average Bonchev–Trinajstić information content (AvgIpc) is 2.64. The molecule has 2 heterocycles. The van der Waals surface area contributed by atoms with E-state index in [9.17, 15) is 4.79 Å². The molecule has 0 aliphatic carbocycles. The smallest absolute Gasteiger partial charge is 0.224 e. The van der Waals surface area contributed by atoms with E-state index in [0.29, 0.717) is 23.1 Å². The van der Waals surface area contributed by atoms with Gasteiger partial charge in [-0.15, -0.1) is 0 Å². The van der Waals surface area contributed by atoms with Gasteiger partial charge in [0, 0.05) is 34.9 Å². The molecule has 1 saturated heterocycles. The van der Waals surface area contributed by atoms with Crippen LogP contribution in [0, 0.1) is 5.92 Å². The van der Waals surface area contributed by atoms with Crippen LogP contribution in [-0.2, 0) is 17.9 Å². The zero-order chi connectivity index (χ0) is 17.6. The van der Waals surface area contributed by atoms with Crippen LogP contribution in [0.2, 0.25) is 10.0 Å². The molecule has 2 aromatic rings. The molecule has 3 rings (SSSR count). The Balaban J connectivity index is 1.56. The van der Waals surface area contributed by atoms with E-state index >= 15 is 0 Å². The van der Waals surface area contributed by atoms with E-state index < -0.39 is 0 Å². The Bertz CT molecular complexity index is 704. The van der Waals surface area contributed by atoms with Gasteiger partial charge in [-0.2, -0.15) is 0 Å². The van der Waals surface area contributed by atoms with Gasteiger partial charge in [-0.05, 0) is 43.7 Å². The number of likely N-dealkylation sites (tertiary alicyclic amines) is 1. The Hall–Kier alpha value is -1.62. The zero-order valence-corrected chi connectivity index (χ0v) is 15.4. The van der Waals surface area contributed by atoms with Gasteiger partial charge in [0.05, 0.1) is 18.2 Å². The SMILES string of the molecule is O=C(NCc1ccccn1)C1CCCN(Cc2c(Cl)cccc2Cl)C1. The maximum Gasteiger partial charge on any atom is 0.224 e. The number of amides is 1. The van der Waals surface area contributed by atoms with Crippen LogP contribution < -0.4 is 5.32 Å². The van der Waals surface area contributed by atoms with E-state index in [1.54, 1.807) is 6.20 Å². The molecule has 0 radical (unpaired) electrons. The van der Waals surface area contributed by atoms with Crippen molar-refractivity contribution in [3.8, 4) is 0 Å². The van der Waals surface area contributed by atoms with Crippen LogP contribution in [0.3, 0.4) is 0 Å². The van der Waals surface area contributed by atoms with Gasteiger partial charge < -0.3 is 5.32 Å². The maximum atomic E-state index is 12.5. The van der Waals surface area contributed by atoms with Crippen LogP contribution >= 0.6 is 23.2 Å². The molecule has 1 N–H and O–H groups in total. The summed E-state index contributed by atoms with van der Waals surface area (Å²) in [7, 11) is 0. The Morgan fingerprint density at radius 1 is 1.20 bits per heavy atom. The molecule has 1 aromatic carbocycles. The first-order valence-electron chi connectivity index (χ1n) is 8.46. The van der Waals surface area contributed by atoms with Gasteiger partial charge in [-0.25, -0.2) is 0 Å². The second-order valence-corrected chi connectivity index (χ2v) is 7.13. The summed E-state index contributed by atoms with van der Waals surface area (Å²) in [6.45, 7) is 2.80. The van der Waals surface area contributed by atoms with Gasteiger partial charge in [0.1, 0.15) is 0 Å². The van der Waals surface area contributed by atoms with E-state index in [1.807, 2.05) is 36.4 Å². The molecule has 4 nitrogen and oxygen atoms in total. The predicted molar refractivity (Wildman–Crippen MR) is 101 cm³/mol. The number of aromatic nitrogens is 1. The molecule has 1 aliphatic heterocycles. The number of nitrogens with zero attached hydrogens (tertiary/aromatic N) is 2. The number of hydrogen-bond donors (Lipinski definition) is 1. The lowest BCUT2D eigenvalue weighted by Crippen LogP contribution is -2.42. The molecule has 0 saturated carbocycles. The van der Waals surface area contributed by atoms with Gasteiger partial charge >= 0.3 is 0 Å². The monoisotopic (exact) mass is 377 g/mol. The fourth-order valence-corrected chi connectivity index (χ4v) is 3.66. The van der Waals surface area contributed by atoms with Gasteiger partial charge in [0.25, 0.3) is 0 Å². The van der Waals surface area contributed by atoms with Crippen LogP contribution in [0.25, 0.3) is 0 Å². The Morgan fingerprint density at radius 2 is 2.00 bits per heavy atom. The van der Waals surface area contributed by atoms with Crippen LogP contribution in [-0.4, -0.2) is 28.9 Å². The minimum atomic E-state index is -0.0151. The highest BCUT2D eigenvalue weighted by Crippen LogP contribution is 2.27. The van der Waals surface area contributed by atoms with Crippen LogP contribution in [0.1, 0.15) is 24.1 Å². The molecule has 0 spiro atoms. The van der Waals surface area contributed by atoms with Gasteiger partial charge in [0.15, 0.2) is 0 Å². The zero-order valence-electron chi connectivity index (χ0n) is 13.9. The molecule has 132 valence electrons. The van der Waals surface area contributed by atoms with E-state index in [0.717, 1.165) is 37.2 Å². The molecule has 0 bridgehead atoms. The van der Waals surface area contributed by atoms with E-state index in [2.05, 4.69) is 15.2 Å². The molecule has 1 unspecified atom stereocenters. The largest absolute Gasteiger partial charge is 0.350 e. The highest BCUT2D eigenvalue weighted by molar-refractivity contribution is 6.35. The lowest BCUT2D eigenvalue weighted by Gasteiger charge is -2.32. The highest BCUT2D eigenvalue weighted by Gasteiger charge is 2.26. The fraction of sp³-hybridized carbons (Fsp3) is 0.368. The first-order valence-corrected chi connectivity index (χ1v) is 9.22. The number of piperidine rings is 1. The summed E-state index contributed by atoms with van der Waals surface area (Å²) in [6, 6.07) is 11.2. The molecular weight excluding hydrogens is 357 g/mol. The van der Waals surface area contributed by atoms with Crippen molar-refractivity contribution in [3.05, 3.63) is 63.9 Å². The lowest BCUT2D eigenvalue weighted by molar-refractivity contribution is -0.127. The molecule has 1 aliphatic rings. The second-order valence-electron chi connectivity index (χ2n) is 6.31. The number of hydrogen-bond acceptors (Lipinski definition) is 3. The average molecular weight is 378 g/mol. The maximum absolute atomic E-state index is 12.5. The summed E-state index contributed by atoms with van der Waals surface area (Å²) in [5.74, 6) is 0.0688. The second kappa shape index (κ2) is 8.65. The van der Waals surface area contributed by atoms with Crippen molar-refractivity contribution >= 4 is 29.1 Å². The Labute approximate surface area is 158 Å². The van der Waals surface area contributed by atoms with Gasteiger partial charge in [0.2, 0.25) is 5.91 Å². The van der Waals surface area contributed by atoms with Gasteiger partial charge in [-0.3, -0.25) is 14.7 Å². The standard InChI is InChI=1S/C19H21Cl2N3O/c20-17-7-3-8-18(21)16(17)13-24-10-4-5-14(12-24)19(25)23-11-15-6-1-2-9-22-15/h1-3,6-9,14H,4-5,10-13H2,(H,23,25). The minimum absolute atomic E-state index is 0.0151. The molecule has 6 heteroatoms. The quantitative estimate of drug-likeness (QED) is 0.858. The first kappa shape index (κ1) is 18.2. The molecule has 1 amide bonds. The lowest BCUT2D eigenvalue weighted by atomic mass is 9.96. The molecule has 1 atom stereocenters. The van der Waals surface area contributed by atoms with E-state index in [-0.39, 0.29) is 11.8 Å². The van der Waals surface area contributed by atoms with Crippen molar-refractivity contribution in [3.63, 3.8) is 0 Å². The van der Waals surface area contributed by atoms with E-state index in [1.165, 1.54) is 0 Å². The predicted octanol–water partition coefficient (Wildman–Crippen LogP) is 3.92. The molecule has 1 fully saturated rings. The number of halogens is 2. The highest BCUT2D eigenvalue weighted by atomic mass is 35.5. The summed E-state index contributed by atoms with van der Waals surface area (Å²) >= 11 is 12.5. The number of carbonyl (C=O) groups is 1. The Kier molecular flexibility index (Phi) is 6.29. The summed E-state index contributed by atoms with van der Waals surface area (Å²) in [5, 5.41) is 4.35. The first-order chi connectivity index (χ1) is 12.1. The van der Waals surface area contributed by atoms with Crippen molar-refractivity contribution in [1.29, 1.82) is 0 Å². The van der Waals surface area contributed by atoms with Crippen LogP contribution in [0.5, 0.6) is 0 Å². The molecule has 25 heavy (non-hydrogen) atoms. The molecular formula is C19H21Cl2N3O. The summed E-state index contributed by atoms with van der Waals surface area (Å²) in [6.07, 6.45) is 3.63. The van der Waals surface area contributed by atoms with Crippen molar-refractivity contribution in [2.45, 2.75) is 25.9 Å². The normalized spacial score (nSPS) is 18.1. The summed E-state index contributed by atoms with van der Waals surface area (Å²) in [5.41, 5.74) is 1.80. The third-order valence-electron chi connectivity index (χ3n) is 4.49. The van der Waals surface area contributed by atoms with Crippen molar-refractivity contribution in [2.24, 2.45) is 5.92 Å². The van der Waals surface area contributed by atoms with E-state index in [4.69, 9.17) is 23.2 Å². The third-order valence-corrected chi connectivity index (χ3v) is 5.20. The number of nitrogens with one attached hydrogen (secondary N) is 1. The number of pyridine rings is 1. The number of benzene rings is 1. The van der Waals surface area contributed by atoms with Crippen LogP contribution in [0.4, 0.5) is 0 Å². The molecule has 1 aromatic heterocycles. The number of carbonyl (C=O) groups excluding carboxylic acids is 1. The summed E-state index contributed by atoms with van der Waals surface area (Å²) in [4.78, 5) is 19.0. The minimum Gasteiger partial charge on any atom is -0.350 e. The topological polar surface area (TPSA) is 45.2 Å². The van der Waals surface area contributed by atoms with Gasteiger partial charge in [-0.1, -0.05) is 35.3 Å². The van der Waals surface area contributed by atoms with Crippen molar-refractivity contribution in [1.82, 2.24) is 15.2 Å². The van der Waals surface area contributed by atoms with Crippen molar-refractivity contribution in [2.75, 3.05) is 13.1 Å². The third kappa shape index (κ3) is 4.94.